The molecule has 1 aromatic carbocycles. The number of pyridine rings is 1. The van der Waals surface area contributed by atoms with Gasteiger partial charge in [0.2, 0.25) is 0 Å². The van der Waals surface area contributed by atoms with Crippen molar-refractivity contribution in [3.63, 3.8) is 0 Å². The molecule has 2 aromatic rings. The van der Waals surface area contributed by atoms with Crippen LogP contribution >= 0.6 is 0 Å². The number of rotatable bonds is 2. The highest BCUT2D eigenvalue weighted by atomic mass is 19.4. The van der Waals surface area contributed by atoms with Gasteiger partial charge in [0, 0.05) is 5.69 Å². The summed E-state index contributed by atoms with van der Waals surface area (Å²) in [6.45, 7) is 1.61. The zero-order valence-corrected chi connectivity index (χ0v) is 12.4. The Kier molecular flexibility index (Phi) is 4.74. The van der Waals surface area contributed by atoms with Crippen molar-refractivity contribution in [1.82, 2.24) is 4.98 Å². The summed E-state index contributed by atoms with van der Waals surface area (Å²) in [5.74, 6) is -3.47. The topological polar surface area (TPSA) is 42.0 Å². The van der Waals surface area contributed by atoms with Gasteiger partial charge in [-0.2, -0.15) is 26.3 Å². The molecule has 0 saturated carbocycles. The SMILES string of the molecule is Cc1ccc(NC(=O)c2c(F)cc(C(F)(F)F)cc2C(F)(F)F)cn1. The lowest BCUT2D eigenvalue weighted by Crippen LogP contribution is -2.22. The first kappa shape index (κ1) is 18.7. The minimum atomic E-state index is -5.36. The first-order valence-corrected chi connectivity index (χ1v) is 6.61. The van der Waals surface area contributed by atoms with Crippen molar-refractivity contribution < 1.29 is 35.5 Å². The van der Waals surface area contributed by atoms with E-state index >= 15 is 0 Å². The van der Waals surface area contributed by atoms with Crippen molar-refractivity contribution in [2.45, 2.75) is 19.3 Å². The maximum absolute atomic E-state index is 13.9. The quantitative estimate of drug-likeness (QED) is 0.775. The van der Waals surface area contributed by atoms with Crippen LogP contribution in [0.1, 0.15) is 27.2 Å². The molecule has 0 fully saturated rings. The molecule has 1 N–H and O–H groups in total. The van der Waals surface area contributed by atoms with Crippen molar-refractivity contribution in [2.24, 2.45) is 0 Å². The molecular formula is C15H9F7N2O. The van der Waals surface area contributed by atoms with E-state index < -0.39 is 40.8 Å². The summed E-state index contributed by atoms with van der Waals surface area (Å²) in [6, 6.07) is 2.28. The number of carbonyl (C=O) groups excluding carboxylic acids is 1. The van der Waals surface area contributed by atoms with E-state index in [1.165, 1.54) is 12.1 Å². The largest absolute Gasteiger partial charge is 0.417 e. The van der Waals surface area contributed by atoms with Gasteiger partial charge in [-0.05, 0) is 31.2 Å². The molecule has 25 heavy (non-hydrogen) atoms. The molecule has 0 aliphatic rings. The summed E-state index contributed by atoms with van der Waals surface area (Å²) >= 11 is 0. The van der Waals surface area contributed by atoms with Crippen molar-refractivity contribution in [1.29, 1.82) is 0 Å². The highest BCUT2D eigenvalue weighted by Crippen LogP contribution is 2.38. The van der Waals surface area contributed by atoms with Crippen LogP contribution in [0.3, 0.4) is 0 Å². The highest BCUT2D eigenvalue weighted by molar-refractivity contribution is 6.05. The second-order valence-electron chi connectivity index (χ2n) is 5.02. The third kappa shape index (κ3) is 4.25. The fourth-order valence-electron chi connectivity index (χ4n) is 1.96. The fourth-order valence-corrected chi connectivity index (χ4v) is 1.96. The lowest BCUT2D eigenvalue weighted by molar-refractivity contribution is -0.143. The number of aryl methyl sites for hydroxylation is 1. The van der Waals surface area contributed by atoms with E-state index in [-0.39, 0.29) is 17.8 Å². The fraction of sp³-hybridized carbons (Fsp3) is 0.200. The van der Waals surface area contributed by atoms with Gasteiger partial charge in [0.05, 0.1) is 28.6 Å². The number of hydrogen-bond donors (Lipinski definition) is 1. The lowest BCUT2D eigenvalue weighted by Gasteiger charge is -2.16. The number of hydrogen-bond acceptors (Lipinski definition) is 2. The van der Waals surface area contributed by atoms with Crippen LogP contribution in [-0.2, 0) is 12.4 Å². The maximum Gasteiger partial charge on any atom is 0.417 e. The van der Waals surface area contributed by atoms with Gasteiger partial charge in [0.15, 0.2) is 0 Å². The number of nitrogens with one attached hydrogen (secondary N) is 1. The van der Waals surface area contributed by atoms with E-state index in [4.69, 9.17) is 0 Å². The average Bonchev–Trinajstić information content (AvgIpc) is 2.46. The molecule has 0 unspecified atom stereocenters. The number of anilines is 1. The van der Waals surface area contributed by atoms with Crippen LogP contribution in [0.15, 0.2) is 30.5 Å². The zero-order chi connectivity index (χ0) is 19.0. The van der Waals surface area contributed by atoms with E-state index in [0.717, 1.165) is 6.20 Å². The molecule has 134 valence electrons. The first-order valence-electron chi connectivity index (χ1n) is 6.61. The third-order valence-electron chi connectivity index (χ3n) is 3.12. The Morgan fingerprint density at radius 1 is 1.04 bits per heavy atom. The van der Waals surface area contributed by atoms with Crippen molar-refractivity contribution >= 4 is 11.6 Å². The van der Waals surface area contributed by atoms with Crippen molar-refractivity contribution in [2.75, 3.05) is 5.32 Å². The summed E-state index contributed by atoms with van der Waals surface area (Å²) in [7, 11) is 0. The molecule has 3 nitrogen and oxygen atoms in total. The molecular weight excluding hydrogens is 357 g/mol. The van der Waals surface area contributed by atoms with Crippen LogP contribution in [0, 0.1) is 12.7 Å². The standard InChI is InChI=1S/C15H9F7N2O/c1-7-2-3-9(6-23-7)24-13(25)12-10(15(20,21)22)4-8(5-11(12)16)14(17,18)19/h2-6H,1H3,(H,24,25). The van der Waals surface area contributed by atoms with Crippen LogP contribution in [0.4, 0.5) is 36.4 Å². The molecule has 2 rings (SSSR count). The van der Waals surface area contributed by atoms with Gasteiger partial charge in [-0.25, -0.2) is 4.39 Å². The van der Waals surface area contributed by atoms with Crippen LogP contribution < -0.4 is 5.32 Å². The van der Waals surface area contributed by atoms with Crippen LogP contribution in [0.2, 0.25) is 0 Å². The molecule has 1 amide bonds. The van der Waals surface area contributed by atoms with E-state index in [0.29, 0.717) is 5.69 Å². The van der Waals surface area contributed by atoms with Crippen LogP contribution in [-0.4, -0.2) is 10.9 Å². The Bertz CT molecular complexity index is 795. The Labute approximate surface area is 136 Å². The number of amides is 1. The van der Waals surface area contributed by atoms with E-state index in [1.807, 2.05) is 5.32 Å². The van der Waals surface area contributed by atoms with Gasteiger partial charge in [0.25, 0.3) is 5.91 Å². The lowest BCUT2D eigenvalue weighted by atomic mass is 10.0. The predicted octanol–water partition coefficient (Wildman–Crippen LogP) is 4.82. The smallest absolute Gasteiger partial charge is 0.320 e. The number of alkyl halides is 6. The Balaban J connectivity index is 2.52. The third-order valence-corrected chi connectivity index (χ3v) is 3.12. The number of nitrogens with zero attached hydrogens (tertiary/aromatic N) is 1. The minimum absolute atomic E-state index is 0.0389. The monoisotopic (exact) mass is 366 g/mol. The Hall–Kier alpha value is -2.65. The molecule has 0 saturated heterocycles. The second-order valence-corrected chi connectivity index (χ2v) is 5.02. The summed E-state index contributed by atoms with van der Waals surface area (Å²) in [5, 5.41) is 1.97. The minimum Gasteiger partial charge on any atom is -0.320 e. The molecule has 0 radical (unpaired) electrons. The molecule has 0 bridgehead atoms. The maximum atomic E-state index is 13.9. The normalized spacial score (nSPS) is 12.2. The molecule has 0 atom stereocenters. The van der Waals surface area contributed by atoms with Gasteiger partial charge < -0.3 is 5.32 Å². The van der Waals surface area contributed by atoms with Gasteiger partial charge in [-0.1, -0.05) is 0 Å². The summed E-state index contributed by atoms with van der Waals surface area (Å²) in [5.41, 5.74) is -4.87. The molecule has 0 spiro atoms. The number of halogens is 7. The predicted molar refractivity (Wildman–Crippen MR) is 73.3 cm³/mol. The number of carbonyl (C=O) groups is 1. The second kappa shape index (κ2) is 6.34. The first-order chi connectivity index (χ1) is 11.4. The molecule has 0 aliphatic carbocycles. The van der Waals surface area contributed by atoms with Gasteiger partial charge in [0.1, 0.15) is 5.82 Å². The van der Waals surface area contributed by atoms with Gasteiger partial charge in [-0.3, -0.25) is 9.78 Å². The molecule has 10 heteroatoms. The van der Waals surface area contributed by atoms with E-state index in [1.54, 1.807) is 6.92 Å². The molecule has 0 aliphatic heterocycles. The molecule has 1 aromatic heterocycles. The number of aromatic nitrogens is 1. The Morgan fingerprint density at radius 2 is 1.68 bits per heavy atom. The average molecular weight is 366 g/mol. The summed E-state index contributed by atoms with van der Waals surface area (Å²) < 4.78 is 90.8. The zero-order valence-electron chi connectivity index (χ0n) is 12.4. The van der Waals surface area contributed by atoms with E-state index in [9.17, 15) is 35.5 Å². The highest BCUT2D eigenvalue weighted by Gasteiger charge is 2.41. The van der Waals surface area contributed by atoms with E-state index in [2.05, 4.69) is 4.98 Å². The summed E-state index contributed by atoms with van der Waals surface area (Å²) in [6.07, 6.45) is -9.44. The summed E-state index contributed by atoms with van der Waals surface area (Å²) in [4.78, 5) is 15.8. The van der Waals surface area contributed by atoms with Gasteiger partial charge >= 0.3 is 12.4 Å². The van der Waals surface area contributed by atoms with Gasteiger partial charge in [-0.15, -0.1) is 0 Å². The van der Waals surface area contributed by atoms with Crippen LogP contribution in [0.5, 0.6) is 0 Å². The molecule has 1 heterocycles. The van der Waals surface area contributed by atoms with Crippen molar-refractivity contribution in [3.05, 3.63) is 58.7 Å². The number of benzene rings is 1. The Morgan fingerprint density at radius 3 is 2.16 bits per heavy atom. The van der Waals surface area contributed by atoms with Crippen molar-refractivity contribution in [3.8, 4) is 0 Å². The van der Waals surface area contributed by atoms with Crippen LogP contribution in [0.25, 0.3) is 0 Å².